The average molecular weight is 990 g/mol. The Balaban J connectivity index is 2.05. The molecule has 0 spiro atoms. The standard InChI is InChI=1S/C45H69N11O12S/c1-6-25(4)38-44(66)51-28(15-16-34(46)57)40(62)52-31(21-35(47)58)41(63)54-32(23-69-18-8-10-37(60)50-30(42(64)55-38)20-26-11-13-27(68-5)14-12-26)45(67)56-17-7-9-33(56)43(65)53-29(19-24(2)3)39(61)49-22-36(48)59/h11-14,24-25,28-33,38H,6-10,15-23H2,1-5H3,(H2,46,57)(H2,47,58)(H2,48,59)(H,49,61)(H,50,60)(H,51,66)(H,52,62)(H,53,65)(H,54,63)(H,55,64)/t25-,28-,29-,30-,31-,32-,33-,38-/m0/s1/i13D,14D. The molecule has 0 unspecified atom stereocenters. The third kappa shape index (κ3) is 18.9. The lowest BCUT2D eigenvalue weighted by molar-refractivity contribution is -0.142. The van der Waals surface area contributed by atoms with E-state index in [-0.39, 0.29) is 73.9 Å². The molecule has 0 bridgehead atoms. The van der Waals surface area contributed by atoms with Gasteiger partial charge in [-0.15, -0.1) is 0 Å². The van der Waals surface area contributed by atoms with E-state index in [4.69, 9.17) is 24.7 Å². The number of nitrogens with one attached hydrogen (secondary N) is 7. The maximum atomic E-state index is 14.5. The monoisotopic (exact) mass is 989 g/mol. The number of carbonyl (C=O) groups is 11. The largest absolute Gasteiger partial charge is 0.497 e. The zero-order valence-electron chi connectivity index (χ0n) is 41.7. The SMILES string of the molecule is [2H]c1cc(C[C@@H]2NC(=O)CCCSC[C@@H](C(=O)N3CCC[C@H]3C(=O)N[C@@H](CC(C)C)C(=O)NCC(N)=O)NC(=O)[C@H](CC(N)=O)NC(=O)[C@H](CCC(N)=O)NC(=O)[C@H]([C@@H](C)CC)NC2=O)cc([2H])c1OC. The molecule has 0 aliphatic carbocycles. The van der Waals surface area contributed by atoms with E-state index in [9.17, 15) is 52.7 Å². The van der Waals surface area contributed by atoms with Crippen LogP contribution in [0.15, 0.2) is 24.2 Å². The Morgan fingerprint density at radius 3 is 2.12 bits per heavy atom. The molecule has 23 nitrogen and oxygen atoms in total. The number of nitrogens with two attached hydrogens (primary N) is 3. The van der Waals surface area contributed by atoms with Gasteiger partial charge in [-0.25, -0.2) is 0 Å². The van der Waals surface area contributed by atoms with Crippen LogP contribution in [0.5, 0.6) is 5.75 Å². The van der Waals surface area contributed by atoms with Gasteiger partial charge in [-0.05, 0) is 67.3 Å². The minimum atomic E-state index is -1.74. The number of amides is 11. The van der Waals surface area contributed by atoms with E-state index in [1.54, 1.807) is 13.8 Å². The zero-order valence-corrected chi connectivity index (χ0v) is 40.6. The summed E-state index contributed by atoms with van der Waals surface area (Å²) >= 11 is 1.15. The first-order valence-corrected chi connectivity index (χ1v) is 24.1. The van der Waals surface area contributed by atoms with Crippen LogP contribution in [0.4, 0.5) is 0 Å². The lowest BCUT2D eigenvalue weighted by Crippen LogP contribution is -2.61. The fourth-order valence-electron chi connectivity index (χ4n) is 7.56. The van der Waals surface area contributed by atoms with Crippen molar-refractivity contribution in [2.75, 3.05) is 31.7 Å². The van der Waals surface area contributed by atoms with E-state index in [0.29, 0.717) is 18.4 Å². The molecule has 382 valence electrons. The number of methoxy groups -OCH3 is 1. The van der Waals surface area contributed by atoms with Crippen molar-refractivity contribution in [3.63, 3.8) is 0 Å². The first-order chi connectivity index (χ1) is 33.4. The van der Waals surface area contributed by atoms with E-state index in [1.807, 2.05) is 13.8 Å². The van der Waals surface area contributed by atoms with Gasteiger partial charge in [-0.1, -0.05) is 46.2 Å². The lowest BCUT2D eigenvalue weighted by Gasteiger charge is -2.31. The summed E-state index contributed by atoms with van der Waals surface area (Å²) in [6.07, 6.45) is -0.749. The van der Waals surface area contributed by atoms with Crippen LogP contribution >= 0.6 is 11.8 Å². The van der Waals surface area contributed by atoms with Crippen molar-refractivity contribution in [1.29, 1.82) is 0 Å². The maximum absolute atomic E-state index is 14.5. The highest BCUT2D eigenvalue weighted by Gasteiger charge is 2.40. The molecule has 1 aromatic carbocycles. The van der Waals surface area contributed by atoms with Crippen molar-refractivity contribution in [3.8, 4) is 5.75 Å². The maximum Gasteiger partial charge on any atom is 0.246 e. The van der Waals surface area contributed by atoms with Gasteiger partial charge in [0.15, 0.2) is 0 Å². The second-order valence-electron chi connectivity index (χ2n) is 17.5. The van der Waals surface area contributed by atoms with Crippen molar-refractivity contribution < 1.29 is 60.2 Å². The molecule has 2 aliphatic rings. The molecular formula is C45H69N11O12S. The third-order valence-corrected chi connectivity index (χ3v) is 12.6. The Hall–Kier alpha value is -6.46. The molecule has 69 heavy (non-hydrogen) atoms. The molecule has 2 aliphatic heterocycles. The molecule has 3 rings (SSSR count). The van der Waals surface area contributed by atoms with Crippen molar-refractivity contribution in [2.24, 2.45) is 29.0 Å². The van der Waals surface area contributed by atoms with Gasteiger partial charge >= 0.3 is 0 Å². The number of carbonyl (C=O) groups excluding carboxylic acids is 11. The number of rotatable bonds is 18. The van der Waals surface area contributed by atoms with Gasteiger partial charge in [0, 0.05) is 31.6 Å². The van der Waals surface area contributed by atoms with Crippen LogP contribution in [0.1, 0.15) is 93.8 Å². The summed E-state index contributed by atoms with van der Waals surface area (Å²) in [6, 6.07) is -7.18. The first kappa shape index (κ1) is 53.5. The predicted molar refractivity (Wildman–Crippen MR) is 253 cm³/mol. The van der Waals surface area contributed by atoms with Gasteiger partial charge in [0.05, 0.1) is 22.8 Å². The van der Waals surface area contributed by atoms with Gasteiger partial charge in [-0.3, -0.25) is 52.7 Å². The van der Waals surface area contributed by atoms with Gasteiger partial charge in [0.2, 0.25) is 65.0 Å². The molecule has 1 aromatic rings. The molecule has 8 atom stereocenters. The quantitative estimate of drug-likeness (QED) is 0.0728. The number of benzene rings is 1. The molecule has 13 N–H and O–H groups in total. The fourth-order valence-corrected chi connectivity index (χ4v) is 8.53. The summed E-state index contributed by atoms with van der Waals surface area (Å²) in [6.45, 7) is 6.62. The Labute approximate surface area is 408 Å². The second-order valence-corrected chi connectivity index (χ2v) is 18.6. The van der Waals surface area contributed by atoms with Crippen LogP contribution in [-0.2, 0) is 59.2 Å². The average Bonchev–Trinajstić information content (AvgIpc) is 3.79. The van der Waals surface area contributed by atoms with Crippen molar-refractivity contribution in [1.82, 2.24) is 42.1 Å². The molecule has 2 fully saturated rings. The predicted octanol–water partition coefficient (Wildman–Crippen LogP) is -2.50. The highest BCUT2D eigenvalue weighted by Crippen LogP contribution is 2.22. The second kappa shape index (κ2) is 28.1. The Kier molecular flexibility index (Phi) is 21.8. The van der Waals surface area contributed by atoms with E-state index in [0.717, 1.165) is 11.8 Å². The molecule has 11 amide bonds. The smallest absolute Gasteiger partial charge is 0.246 e. The van der Waals surface area contributed by atoms with E-state index in [1.165, 1.54) is 24.1 Å². The number of ether oxygens (including phenoxy) is 1. The molecule has 0 radical (unpaired) electrons. The van der Waals surface area contributed by atoms with E-state index in [2.05, 4.69) is 37.2 Å². The molecule has 0 aromatic heterocycles. The van der Waals surface area contributed by atoms with Crippen molar-refractivity contribution in [3.05, 3.63) is 29.8 Å². The highest BCUT2D eigenvalue weighted by molar-refractivity contribution is 7.99. The summed E-state index contributed by atoms with van der Waals surface area (Å²) in [5, 5.41) is 17.9. The van der Waals surface area contributed by atoms with Gasteiger partial charge in [-0.2, -0.15) is 11.8 Å². The van der Waals surface area contributed by atoms with E-state index < -0.39 is 139 Å². The van der Waals surface area contributed by atoms with Crippen LogP contribution < -0.4 is 59.2 Å². The molecule has 2 saturated heterocycles. The minimum absolute atomic E-state index is 0.00883. The topological polar surface area (TPSA) is 363 Å². The normalized spacial score (nSPS) is 23.6. The Bertz CT molecular complexity index is 2130. The van der Waals surface area contributed by atoms with Crippen LogP contribution in [0.3, 0.4) is 0 Å². The van der Waals surface area contributed by atoms with Crippen molar-refractivity contribution >= 4 is 76.7 Å². The van der Waals surface area contributed by atoms with Gasteiger partial charge in [0.25, 0.3) is 0 Å². The number of hydrogen-bond donors (Lipinski definition) is 10. The summed E-state index contributed by atoms with van der Waals surface area (Å²) in [4.78, 5) is 148. The summed E-state index contributed by atoms with van der Waals surface area (Å²) in [7, 11) is 1.30. The van der Waals surface area contributed by atoms with Gasteiger partial charge in [0.1, 0.15) is 48.0 Å². The lowest BCUT2D eigenvalue weighted by atomic mass is 9.96. The van der Waals surface area contributed by atoms with Crippen LogP contribution in [0, 0.1) is 11.8 Å². The zero-order chi connectivity index (χ0) is 53.1. The van der Waals surface area contributed by atoms with Crippen molar-refractivity contribution in [2.45, 2.75) is 134 Å². The first-order valence-electron chi connectivity index (χ1n) is 23.9. The summed E-state index contributed by atoms with van der Waals surface area (Å²) < 4.78 is 21.8. The Morgan fingerprint density at radius 2 is 1.51 bits per heavy atom. The summed E-state index contributed by atoms with van der Waals surface area (Å²) in [5.74, 6) is -9.77. The number of thioether (sulfide) groups is 1. The van der Waals surface area contributed by atoms with Crippen LogP contribution in [0.2, 0.25) is 0 Å². The fraction of sp³-hybridized carbons (Fsp3) is 0.622. The van der Waals surface area contributed by atoms with E-state index >= 15 is 0 Å². The highest BCUT2D eigenvalue weighted by atomic mass is 32.2. The van der Waals surface area contributed by atoms with Crippen LogP contribution in [0.25, 0.3) is 0 Å². The molecular weight excluding hydrogens is 919 g/mol. The number of hydrogen-bond acceptors (Lipinski definition) is 13. The Morgan fingerprint density at radius 1 is 0.855 bits per heavy atom. The third-order valence-electron chi connectivity index (χ3n) is 11.4. The molecule has 0 saturated carbocycles. The van der Waals surface area contributed by atoms with Crippen LogP contribution in [-0.4, -0.2) is 144 Å². The number of primary amides is 3. The molecule has 24 heteroatoms. The summed E-state index contributed by atoms with van der Waals surface area (Å²) in [5.41, 5.74) is 16.4. The number of nitrogens with zero attached hydrogens (tertiary/aromatic N) is 1. The molecule has 2 heterocycles. The van der Waals surface area contributed by atoms with Gasteiger partial charge < -0.3 is 64.1 Å². The minimum Gasteiger partial charge on any atom is -0.497 e. The number of likely N-dealkylation sites (tertiary alicyclic amines) is 1.